The van der Waals surface area contributed by atoms with Crippen LogP contribution in [-0.4, -0.2) is 63.1 Å². The Bertz CT molecular complexity index is 1460. The third kappa shape index (κ3) is 9.24. The third-order valence-electron chi connectivity index (χ3n) is 8.36. The van der Waals surface area contributed by atoms with Gasteiger partial charge in [0.25, 0.3) is 0 Å². The van der Waals surface area contributed by atoms with Crippen LogP contribution in [0.15, 0.2) is 97.1 Å². The molecule has 4 aromatic rings. The quantitative estimate of drug-likeness (QED) is 0.132. The Morgan fingerprint density at radius 1 is 0.556 bits per heavy atom. The molecule has 2 heterocycles. The Labute approximate surface area is 265 Å². The normalized spacial score (nSPS) is 18.8. The molecule has 5 unspecified atom stereocenters. The molecule has 6 rings (SSSR count). The van der Waals surface area contributed by atoms with Gasteiger partial charge >= 0.3 is 0 Å². The van der Waals surface area contributed by atoms with Crippen LogP contribution >= 0.6 is 0 Å². The van der Waals surface area contributed by atoms with Crippen LogP contribution in [-0.2, 0) is 9.47 Å². The van der Waals surface area contributed by atoms with Gasteiger partial charge in [0.05, 0.1) is 25.9 Å². The molecule has 0 spiro atoms. The summed E-state index contributed by atoms with van der Waals surface area (Å²) in [6.45, 7) is 7.80. The predicted molar refractivity (Wildman–Crippen MR) is 173 cm³/mol. The summed E-state index contributed by atoms with van der Waals surface area (Å²) < 4.78 is 33.6. The molecule has 7 heteroatoms. The van der Waals surface area contributed by atoms with Crippen molar-refractivity contribution in [3.05, 3.63) is 119 Å². The zero-order valence-corrected chi connectivity index (χ0v) is 26.0. The second-order valence-corrected chi connectivity index (χ2v) is 11.9. The van der Waals surface area contributed by atoms with Crippen LogP contribution in [0.25, 0.3) is 0 Å². The monoisotopic (exact) mass is 610 g/mol. The molecule has 0 aliphatic carbocycles. The fraction of sp³-hybridized carbons (Fsp3) is 0.368. The van der Waals surface area contributed by atoms with Crippen molar-refractivity contribution in [2.45, 2.75) is 50.4 Å². The van der Waals surface area contributed by atoms with Gasteiger partial charge in [-0.1, -0.05) is 62.4 Å². The lowest BCUT2D eigenvalue weighted by Gasteiger charge is -2.16. The van der Waals surface area contributed by atoms with Crippen molar-refractivity contribution in [1.29, 1.82) is 0 Å². The Hall–Kier alpha value is -4.04. The number of hydrogen-bond acceptors (Lipinski definition) is 7. The van der Waals surface area contributed by atoms with E-state index in [9.17, 15) is 5.11 Å². The van der Waals surface area contributed by atoms with E-state index in [1.165, 1.54) is 22.3 Å². The van der Waals surface area contributed by atoms with Gasteiger partial charge in [0, 0.05) is 18.3 Å². The summed E-state index contributed by atoms with van der Waals surface area (Å²) in [6, 6.07) is 32.7. The zero-order chi connectivity index (χ0) is 31.0. The number of aliphatic hydroxyl groups is 1. The molecule has 0 amide bonds. The summed E-state index contributed by atoms with van der Waals surface area (Å²) in [4.78, 5) is 0. The van der Waals surface area contributed by atoms with Crippen molar-refractivity contribution < 1.29 is 33.5 Å². The van der Waals surface area contributed by atoms with Crippen LogP contribution in [0.3, 0.4) is 0 Å². The minimum atomic E-state index is -0.626. The Balaban J connectivity index is 0.891. The number of rotatable bonds is 17. The highest BCUT2D eigenvalue weighted by atomic mass is 16.6. The first-order valence-corrected chi connectivity index (χ1v) is 15.8. The molecule has 0 saturated carbocycles. The predicted octanol–water partition coefficient (Wildman–Crippen LogP) is 6.75. The van der Waals surface area contributed by atoms with Crippen molar-refractivity contribution in [1.82, 2.24) is 0 Å². The fourth-order valence-corrected chi connectivity index (χ4v) is 5.09. The number of aliphatic hydroxyl groups excluding tert-OH is 1. The largest absolute Gasteiger partial charge is 0.493 e. The van der Waals surface area contributed by atoms with Gasteiger partial charge in [-0.15, -0.1) is 0 Å². The minimum absolute atomic E-state index is 0.209. The Morgan fingerprint density at radius 2 is 0.889 bits per heavy atom. The van der Waals surface area contributed by atoms with Crippen molar-refractivity contribution >= 4 is 0 Å². The first kappa shape index (κ1) is 31.0. The fourth-order valence-electron chi connectivity index (χ4n) is 5.09. The van der Waals surface area contributed by atoms with E-state index < -0.39 is 6.10 Å². The maximum Gasteiger partial charge on any atom is 0.119 e. The average molecular weight is 611 g/mol. The summed E-state index contributed by atoms with van der Waals surface area (Å²) in [5, 5.41) is 10.5. The standard InChI is InChI=1S/C38H42O7/c1-26(30-7-15-35(16-8-30)42-22-37-24-44-37)28-3-11-33(12-4-28)40-20-19-32(39)21-41-34-13-5-29(6-14-34)27(2)31-9-17-36(18-10-31)43-23-38-25-45-38/h3-18,26-27,32,37-39H,19-25H2,1-2H3. The van der Waals surface area contributed by atoms with E-state index in [2.05, 4.69) is 62.4 Å². The van der Waals surface area contributed by atoms with Gasteiger partial charge in [-0.25, -0.2) is 0 Å². The van der Waals surface area contributed by atoms with E-state index in [1.807, 2.05) is 48.5 Å². The van der Waals surface area contributed by atoms with E-state index in [1.54, 1.807) is 0 Å². The number of benzene rings is 4. The Kier molecular flexibility index (Phi) is 10.2. The van der Waals surface area contributed by atoms with E-state index in [0.717, 1.165) is 36.2 Å². The van der Waals surface area contributed by atoms with E-state index in [0.29, 0.717) is 26.2 Å². The highest BCUT2D eigenvalue weighted by molar-refractivity contribution is 5.39. The maximum atomic E-state index is 10.5. The summed E-state index contributed by atoms with van der Waals surface area (Å²) >= 11 is 0. The molecule has 7 nitrogen and oxygen atoms in total. The number of epoxide rings is 2. The van der Waals surface area contributed by atoms with Crippen molar-refractivity contribution in [3.63, 3.8) is 0 Å². The lowest BCUT2D eigenvalue weighted by molar-refractivity contribution is 0.0857. The molecule has 0 bridgehead atoms. The van der Waals surface area contributed by atoms with E-state index in [4.69, 9.17) is 28.4 Å². The summed E-state index contributed by atoms with van der Waals surface area (Å²) in [6.07, 6.45) is 0.352. The summed E-state index contributed by atoms with van der Waals surface area (Å²) in [5.41, 5.74) is 4.84. The topological polar surface area (TPSA) is 82.2 Å². The molecule has 2 saturated heterocycles. The van der Waals surface area contributed by atoms with Gasteiger partial charge in [0.15, 0.2) is 0 Å². The van der Waals surface area contributed by atoms with Gasteiger partial charge in [0.2, 0.25) is 0 Å². The molecule has 4 aromatic carbocycles. The van der Waals surface area contributed by atoms with Gasteiger partial charge in [-0.2, -0.15) is 0 Å². The number of hydrogen-bond donors (Lipinski definition) is 1. The van der Waals surface area contributed by atoms with Gasteiger partial charge < -0.3 is 33.5 Å². The van der Waals surface area contributed by atoms with Crippen molar-refractivity contribution in [2.24, 2.45) is 0 Å². The first-order chi connectivity index (χ1) is 22.0. The van der Waals surface area contributed by atoms with Crippen LogP contribution < -0.4 is 18.9 Å². The van der Waals surface area contributed by atoms with Gasteiger partial charge in [-0.3, -0.25) is 0 Å². The van der Waals surface area contributed by atoms with E-state index >= 15 is 0 Å². The highest BCUT2D eigenvalue weighted by Gasteiger charge is 2.24. The summed E-state index contributed by atoms with van der Waals surface area (Å²) in [5.74, 6) is 3.72. The van der Waals surface area contributed by atoms with Crippen LogP contribution in [0.4, 0.5) is 0 Å². The molecule has 2 fully saturated rings. The molecular formula is C38H42O7. The highest BCUT2D eigenvalue weighted by Crippen LogP contribution is 2.29. The second-order valence-electron chi connectivity index (χ2n) is 11.9. The second kappa shape index (κ2) is 14.8. The third-order valence-corrected chi connectivity index (χ3v) is 8.36. The molecule has 2 aliphatic heterocycles. The van der Waals surface area contributed by atoms with Crippen LogP contribution in [0.2, 0.25) is 0 Å². The smallest absolute Gasteiger partial charge is 0.119 e. The zero-order valence-electron chi connectivity index (χ0n) is 26.0. The molecule has 1 N–H and O–H groups in total. The molecule has 236 valence electrons. The van der Waals surface area contributed by atoms with Crippen LogP contribution in [0.1, 0.15) is 54.4 Å². The molecule has 45 heavy (non-hydrogen) atoms. The van der Waals surface area contributed by atoms with Crippen LogP contribution in [0.5, 0.6) is 23.0 Å². The van der Waals surface area contributed by atoms with E-state index in [-0.39, 0.29) is 30.7 Å². The molecular weight excluding hydrogens is 568 g/mol. The average Bonchev–Trinajstić information content (AvgIpc) is 4.02. The van der Waals surface area contributed by atoms with Gasteiger partial charge in [-0.05, 0) is 70.8 Å². The van der Waals surface area contributed by atoms with Gasteiger partial charge in [0.1, 0.15) is 55.0 Å². The summed E-state index contributed by atoms with van der Waals surface area (Å²) in [7, 11) is 0. The van der Waals surface area contributed by atoms with Crippen molar-refractivity contribution in [2.75, 3.05) is 39.6 Å². The van der Waals surface area contributed by atoms with Crippen molar-refractivity contribution in [3.8, 4) is 23.0 Å². The molecule has 2 aliphatic rings. The maximum absolute atomic E-state index is 10.5. The SMILES string of the molecule is CC(c1ccc(OCCC(O)COc2ccc(C(C)c3ccc(OCC4CO4)cc3)cc2)cc1)c1ccc(OCC2CO2)cc1. The van der Waals surface area contributed by atoms with Crippen LogP contribution in [0, 0.1) is 0 Å². The lowest BCUT2D eigenvalue weighted by Crippen LogP contribution is -2.20. The minimum Gasteiger partial charge on any atom is -0.493 e. The lowest BCUT2D eigenvalue weighted by atomic mass is 9.93. The first-order valence-electron chi connectivity index (χ1n) is 15.8. The molecule has 5 atom stereocenters. The molecule has 0 radical (unpaired) electrons. The molecule has 0 aromatic heterocycles. The number of ether oxygens (including phenoxy) is 6. The Morgan fingerprint density at radius 3 is 1.24 bits per heavy atom.